The lowest BCUT2D eigenvalue weighted by molar-refractivity contribution is -0.151. The predicted molar refractivity (Wildman–Crippen MR) is 99.6 cm³/mol. The number of hydrogen-bond acceptors (Lipinski definition) is 4. The van der Waals surface area contributed by atoms with Crippen LogP contribution in [0.2, 0.25) is 0 Å². The third-order valence-electron chi connectivity index (χ3n) is 5.53. The van der Waals surface area contributed by atoms with Crippen LogP contribution in [0.25, 0.3) is 0 Å². The molecule has 7 heteroatoms. The van der Waals surface area contributed by atoms with Gasteiger partial charge in [0.25, 0.3) is 0 Å². The van der Waals surface area contributed by atoms with E-state index >= 15 is 0 Å². The number of anilines is 1. The molecule has 27 heavy (non-hydrogen) atoms. The molecule has 2 saturated heterocycles. The molecule has 0 radical (unpaired) electrons. The van der Waals surface area contributed by atoms with Crippen LogP contribution in [0.5, 0.6) is 0 Å². The third kappa shape index (κ3) is 4.13. The van der Waals surface area contributed by atoms with E-state index in [1.54, 1.807) is 4.90 Å². The molecule has 0 aromatic heterocycles. The first kappa shape index (κ1) is 19.4. The summed E-state index contributed by atoms with van der Waals surface area (Å²) in [5.41, 5.74) is 3.02. The first-order valence-corrected chi connectivity index (χ1v) is 9.37. The van der Waals surface area contributed by atoms with E-state index in [0.29, 0.717) is 39.0 Å². The van der Waals surface area contributed by atoms with E-state index in [0.717, 1.165) is 16.8 Å². The Hall–Kier alpha value is -2.41. The Bertz CT molecular complexity index is 742. The van der Waals surface area contributed by atoms with Crippen LogP contribution in [0.1, 0.15) is 30.4 Å². The lowest BCUT2D eigenvalue weighted by atomic mass is 10.0. The average Bonchev–Trinajstić information content (AvgIpc) is 3.03. The lowest BCUT2D eigenvalue weighted by Gasteiger charge is -2.34. The summed E-state index contributed by atoms with van der Waals surface area (Å²) < 4.78 is 5.32. The van der Waals surface area contributed by atoms with Crippen molar-refractivity contribution in [3.05, 3.63) is 29.3 Å². The Morgan fingerprint density at radius 1 is 1.19 bits per heavy atom. The minimum absolute atomic E-state index is 0.189. The average molecular weight is 374 g/mol. The number of hydrogen-bond donors (Lipinski definition) is 1. The second-order valence-electron chi connectivity index (χ2n) is 7.30. The van der Waals surface area contributed by atoms with Crippen molar-refractivity contribution in [1.82, 2.24) is 4.90 Å². The summed E-state index contributed by atoms with van der Waals surface area (Å²) in [5, 5.41) is 9.24. The van der Waals surface area contributed by atoms with Gasteiger partial charge in [0.1, 0.15) is 12.5 Å². The van der Waals surface area contributed by atoms with Gasteiger partial charge in [-0.25, -0.2) is 0 Å². The number of benzene rings is 1. The van der Waals surface area contributed by atoms with Gasteiger partial charge < -0.3 is 19.6 Å². The maximum absolute atomic E-state index is 13.1. The minimum atomic E-state index is -1.06. The molecule has 0 aliphatic carbocycles. The number of ether oxygens (including phenoxy) is 1. The summed E-state index contributed by atoms with van der Waals surface area (Å²) in [6.07, 6.45) is 1.60. The van der Waals surface area contributed by atoms with Crippen LogP contribution in [0.4, 0.5) is 5.69 Å². The van der Waals surface area contributed by atoms with Gasteiger partial charge in [-0.2, -0.15) is 0 Å². The van der Waals surface area contributed by atoms with Crippen molar-refractivity contribution in [1.29, 1.82) is 0 Å². The Kier molecular flexibility index (Phi) is 5.79. The summed E-state index contributed by atoms with van der Waals surface area (Å²) in [5.74, 6) is -2.49. The zero-order chi connectivity index (χ0) is 19.6. The highest BCUT2D eigenvalue weighted by Gasteiger charge is 2.42. The number of amides is 2. The molecule has 1 N–H and O–H groups in total. The van der Waals surface area contributed by atoms with E-state index in [9.17, 15) is 19.5 Å². The van der Waals surface area contributed by atoms with Crippen molar-refractivity contribution in [2.75, 3.05) is 31.2 Å². The number of carbonyl (C=O) groups is 3. The van der Waals surface area contributed by atoms with Gasteiger partial charge in [-0.15, -0.1) is 0 Å². The quantitative estimate of drug-likeness (QED) is 0.794. The van der Waals surface area contributed by atoms with Crippen LogP contribution in [-0.2, 0) is 19.1 Å². The molecule has 2 aliphatic rings. The fraction of sp³-hybridized carbons (Fsp3) is 0.550. The number of nitrogens with zero attached hydrogens (tertiary/aromatic N) is 2. The molecule has 2 heterocycles. The molecule has 1 aromatic carbocycles. The van der Waals surface area contributed by atoms with E-state index in [2.05, 4.69) is 0 Å². The highest BCUT2D eigenvalue weighted by molar-refractivity contribution is 6.10. The first-order chi connectivity index (χ1) is 12.9. The van der Waals surface area contributed by atoms with Crippen molar-refractivity contribution in [3.8, 4) is 0 Å². The van der Waals surface area contributed by atoms with Crippen molar-refractivity contribution in [2.24, 2.45) is 5.92 Å². The number of carboxylic acid groups (broad SMARTS) is 1. The van der Waals surface area contributed by atoms with Crippen LogP contribution in [0.15, 0.2) is 18.2 Å². The van der Waals surface area contributed by atoms with Crippen LogP contribution in [-0.4, -0.2) is 60.1 Å². The Balaban J connectivity index is 1.77. The molecule has 0 spiro atoms. The van der Waals surface area contributed by atoms with Crippen LogP contribution in [0, 0.1) is 19.8 Å². The second kappa shape index (κ2) is 8.08. The predicted octanol–water partition coefficient (Wildman–Crippen LogP) is 1.75. The Morgan fingerprint density at radius 2 is 1.89 bits per heavy atom. The summed E-state index contributed by atoms with van der Waals surface area (Å²) in [6, 6.07) is 5.62. The van der Waals surface area contributed by atoms with Gasteiger partial charge in [-0.05, 0) is 56.4 Å². The summed E-state index contributed by atoms with van der Waals surface area (Å²) in [7, 11) is 0. The van der Waals surface area contributed by atoms with Crippen molar-refractivity contribution in [2.45, 2.75) is 39.2 Å². The number of rotatable bonds is 5. The van der Waals surface area contributed by atoms with Crippen LogP contribution in [0.3, 0.4) is 0 Å². The van der Waals surface area contributed by atoms with Gasteiger partial charge in [0.2, 0.25) is 11.8 Å². The number of carbonyl (C=O) groups excluding carboxylic acids is 2. The molecule has 2 amide bonds. The SMILES string of the molecule is Cc1ccc(N2CC[C@@H](C(=O)N(CC(=O)O)C3CCOCC3)C2=O)cc1C. The van der Waals surface area contributed by atoms with Crippen LogP contribution < -0.4 is 4.90 Å². The number of aryl methyl sites for hydroxylation is 2. The molecule has 7 nitrogen and oxygen atoms in total. The zero-order valence-electron chi connectivity index (χ0n) is 15.8. The maximum Gasteiger partial charge on any atom is 0.323 e. The topological polar surface area (TPSA) is 87.2 Å². The highest BCUT2D eigenvalue weighted by Crippen LogP contribution is 2.29. The minimum Gasteiger partial charge on any atom is -0.480 e. The molecular formula is C20H26N2O5. The molecule has 0 unspecified atom stereocenters. The molecule has 0 saturated carbocycles. The molecule has 1 atom stereocenters. The highest BCUT2D eigenvalue weighted by atomic mass is 16.5. The summed E-state index contributed by atoms with van der Waals surface area (Å²) >= 11 is 0. The van der Waals surface area contributed by atoms with Crippen LogP contribution >= 0.6 is 0 Å². The normalized spacial score (nSPS) is 20.7. The van der Waals surface area contributed by atoms with E-state index in [1.165, 1.54) is 4.90 Å². The Labute approximate surface area is 158 Å². The standard InChI is InChI=1S/C20H26N2O5/c1-13-3-4-16(11-14(13)2)21-8-5-17(19(21)25)20(26)22(12-18(23)24)15-6-9-27-10-7-15/h3-4,11,15,17H,5-10,12H2,1-2H3,(H,23,24)/t17-/m1/s1. The zero-order valence-corrected chi connectivity index (χ0v) is 15.8. The van der Waals surface area contributed by atoms with E-state index in [-0.39, 0.29) is 24.4 Å². The van der Waals surface area contributed by atoms with Crippen molar-refractivity contribution >= 4 is 23.5 Å². The molecule has 1 aromatic rings. The van der Waals surface area contributed by atoms with E-state index in [1.807, 2.05) is 32.0 Å². The van der Waals surface area contributed by atoms with E-state index < -0.39 is 11.9 Å². The fourth-order valence-electron chi connectivity index (χ4n) is 3.79. The van der Waals surface area contributed by atoms with Gasteiger partial charge in [-0.3, -0.25) is 14.4 Å². The van der Waals surface area contributed by atoms with Gasteiger partial charge in [0.15, 0.2) is 0 Å². The molecule has 146 valence electrons. The third-order valence-corrected chi connectivity index (χ3v) is 5.53. The lowest BCUT2D eigenvalue weighted by Crippen LogP contribution is -2.49. The smallest absolute Gasteiger partial charge is 0.323 e. The number of carboxylic acids is 1. The first-order valence-electron chi connectivity index (χ1n) is 9.37. The molecule has 0 bridgehead atoms. The largest absolute Gasteiger partial charge is 0.480 e. The van der Waals surface area contributed by atoms with Crippen molar-refractivity contribution in [3.63, 3.8) is 0 Å². The summed E-state index contributed by atoms with van der Waals surface area (Å²) in [6.45, 7) is 5.09. The number of aliphatic carboxylic acids is 1. The van der Waals surface area contributed by atoms with Crippen molar-refractivity contribution < 1.29 is 24.2 Å². The summed E-state index contributed by atoms with van der Waals surface area (Å²) in [4.78, 5) is 40.3. The fourth-order valence-corrected chi connectivity index (χ4v) is 3.79. The van der Waals surface area contributed by atoms with Gasteiger partial charge in [-0.1, -0.05) is 6.07 Å². The van der Waals surface area contributed by atoms with Gasteiger partial charge >= 0.3 is 5.97 Å². The van der Waals surface area contributed by atoms with Gasteiger partial charge in [0.05, 0.1) is 0 Å². The molecular weight excluding hydrogens is 348 g/mol. The Morgan fingerprint density at radius 3 is 2.52 bits per heavy atom. The maximum atomic E-state index is 13.1. The molecule has 2 fully saturated rings. The van der Waals surface area contributed by atoms with Gasteiger partial charge in [0, 0.05) is 31.5 Å². The second-order valence-corrected chi connectivity index (χ2v) is 7.30. The monoisotopic (exact) mass is 374 g/mol. The molecule has 2 aliphatic heterocycles. The molecule has 3 rings (SSSR count). The van der Waals surface area contributed by atoms with E-state index in [4.69, 9.17) is 4.74 Å².